The van der Waals surface area contributed by atoms with Gasteiger partial charge in [-0.1, -0.05) is 59.7 Å². The standard InChI is InChI=1S/C6H4N2.C5H5NO.C5H5N.C3H6ClNO.3C2H6.H2O7.H2O6.H2O5/c7-5-6-3-1-2-4-8-6;7-6-4-2-1-3-5-6;1-2-4-6-5-3-1;1-5(2)3(4)6;3*1-2;1-3-5-7-6-4-2;1-3-5-6-4-2;1-3-5-4-2/h1-4H;1-5H;1-5H;1-2H3;3*1-2H3;1-2H;1-2H;1-2H. The van der Waals surface area contributed by atoms with E-state index in [1.807, 2.05) is 65.8 Å². The summed E-state index contributed by atoms with van der Waals surface area (Å²) in [6.07, 6.45) is 7.98. The number of rotatable bonds is 9. The predicted octanol–water partition coefficient (Wildman–Crippen LogP) is 5.57. The second kappa shape index (κ2) is 67.9. The van der Waals surface area contributed by atoms with Gasteiger partial charge >= 0.3 is 5.37 Å². The Morgan fingerprint density at radius 1 is 0.667 bits per heavy atom. The van der Waals surface area contributed by atoms with Crippen molar-refractivity contribution < 1.29 is 102 Å². The Kier molecular flexibility index (Phi) is 82.4. The maximum Gasteiger partial charge on any atom is 0.315 e. The minimum atomic E-state index is -0.435. The summed E-state index contributed by atoms with van der Waals surface area (Å²) in [6, 6.07) is 18.0. The second-order valence-electron chi connectivity index (χ2n) is 5.59. The van der Waals surface area contributed by atoms with Crippen LogP contribution in [0, 0.1) is 16.5 Å². The third-order valence-corrected chi connectivity index (χ3v) is 2.99. The molecule has 26 heteroatoms. The third-order valence-electron chi connectivity index (χ3n) is 2.65. The molecule has 6 N–H and O–H groups in total. The van der Waals surface area contributed by atoms with E-state index in [1.54, 1.807) is 69.1 Å². The Bertz CT molecular complexity index is 954. The number of nitrogens with zero attached hydrogens (tertiary/aromatic N) is 5. The monoisotopic (exact) mass is 769 g/mol. The van der Waals surface area contributed by atoms with Gasteiger partial charge in [0.05, 0.1) is 0 Å². The molecule has 3 rings (SSSR count). The van der Waals surface area contributed by atoms with Crippen LogP contribution in [-0.4, -0.2) is 65.9 Å². The number of amides is 1. The molecule has 0 atom stereocenters. The maximum absolute atomic E-state index is 10.2. The number of halogens is 1. The van der Waals surface area contributed by atoms with E-state index in [0.29, 0.717) is 5.69 Å². The highest BCUT2D eigenvalue weighted by Gasteiger charge is 1.91. The molecule has 0 aromatic carbocycles. The molecule has 0 unspecified atom stereocenters. The van der Waals surface area contributed by atoms with Crippen LogP contribution < -0.4 is 4.73 Å². The Morgan fingerprint density at radius 3 is 1.20 bits per heavy atom. The molecular formula is C25H44ClN5O20. The smallest absolute Gasteiger partial charge is 0.315 e. The summed E-state index contributed by atoms with van der Waals surface area (Å²) in [7, 11) is 3.19. The summed E-state index contributed by atoms with van der Waals surface area (Å²) in [5.74, 6) is 0. The van der Waals surface area contributed by atoms with Crippen molar-refractivity contribution in [3.05, 3.63) is 96.5 Å². The van der Waals surface area contributed by atoms with Gasteiger partial charge in [0.2, 0.25) is 0 Å². The molecule has 0 aliphatic carbocycles. The lowest BCUT2D eigenvalue weighted by Crippen LogP contribution is -2.22. The average molecular weight is 770 g/mol. The Balaban J connectivity index is -0.0000000867. The van der Waals surface area contributed by atoms with E-state index in [9.17, 15) is 10.0 Å². The summed E-state index contributed by atoms with van der Waals surface area (Å²) in [5, 5.41) is 96.0. The van der Waals surface area contributed by atoms with Crippen LogP contribution in [0.1, 0.15) is 47.2 Å². The van der Waals surface area contributed by atoms with Crippen molar-refractivity contribution in [1.82, 2.24) is 14.9 Å². The number of carbonyl (C=O) groups excluding carboxylic acids is 1. The fourth-order valence-corrected chi connectivity index (χ4v) is 1.20. The SMILES string of the molecule is CC.CC.CC.CN(C)C(=O)Cl.N#Cc1ccccn1.OOOOO.OOOOOO.OOOOOOO.[O-][n+]1ccccc1.c1ccncc1. The van der Waals surface area contributed by atoms with Crippen LogP contribution in [0.2, 0.25) is 0 Å². The molecule has 3 aromatic rings. The molecule has 0 saturated heterocycles. The number of hydrogen-bond acceptors (Lipinski definition) is 23. The minimum Gasteiger partial charge on any atom is -0.619 e. The summed E-state index contributed by atoms with van der Waals surface area (Å²) >= 11 is 4.90. The normalized spacial score (nSPS) is 7.80. The van der Waals surface area contributed by atoms with Crippen LogP contribution in [0.15, 0.2) is 85.6 Å². The maximum atomic E-state index is 10.2. The molecule has 0 saturated carbocycles. The Hall–Kier alpha value is -4.22. The lowest BCUT2D eigenvalue weighted by molar-refractivity contribution is -0.784. The van der Waals surface area contributed by atoms with Gasteiger partial charge in [0, 0.05) is 44.8 Å². The molecule has 0 bridgehead atoms. The second-order valence-corrected chi connectivity index (χ2v) is 5.91. The highest BCUT2D eigenvalue weighted by molar-refractivity contribution is 6.62. The van der Waals surface area contributed by atoms with E-state index in [-0.39, 0.29) is 0 Å². The van der Waals surface area contributed by atoms with E-state index in [1.165, 1.54) is 17.3 Å². The van der Waals surface area contributed by atoms with Gasteiger partial charge in [0.1, 0.15) is 11.8 Å². The van der Waals surface area contributed by atoms with Crippen LogP contribution in [0.25, 0.3) is 0 Å². The zero-order valence-electron chi connectivity index (χ0n) is 28.6. The molecule has 0 aliphatic rings. The van der Waals surface area contributed by atoms with Gasteiger partial charge in [0.15, 0.2) is 12.4 Å². The number of aromatic nitrogens is 3. The number of pyridine rings is 3. The average Bonchev–Trinajstić information content (AvgIpc) is 3.19. The molecular weight excluding hydrogens is 726 g/mol. The van der Waals surface area contributed by atoms with Gasteiger partial charge < -0.3 is 10.1 Å². The fraction of sp³-hybridized carbons (Fsp3) is 0.320. The largest absolute Gasteiger partial charge is 0.619 e. The lowest BCUT2D eigenvalue weighted by atomic mass is 10.4. The lowest BCUT2D eigenvalue weighted by Gasteiger charge is -1.99. The van der Waals surface area contributed by atoms with Crippen molar-refractivity contribution in [3.63, 3.8) is 0 Å². The minimum absolute atomic E-state index is 0.435. The van der Waals surface area contributed by atoms with Crippen molar-refractivity contribution in [3.8, 4) is 6.07 Å². The highest BCUT2D eigenvalue weighted by atomic mass is 35.5. The Labute approximate surface area is 297 Å². The number of hydrogen-bond donors (Lipinski definition) is 6. The number of carbonyl (C=O) groups is 1. The van der Waals surface area contributed by atoms with Gasteiger partial charge in [-0.3, -0.25) is 9.78 Å². The first kappa shape index (κ1) is 62.0. The first-order valence-electron chi connectivity index (χ1n) is 13.2. The van der Waals surface area contributed by atoms with Crippen LogP contribution >= 0.6 is 11.6 Å². The summed E-state index contributed by atoms with van der Waals surface area (Å²) in [5.41, 5.74) is 0.465. The molecule has 0 spiro atoms. The van der Waals surface area contributed by atoms with Crippen molar-refractivity contribution >= 4 is 17.0 Å². The van der Waals surface area contributed by atoms with E-state index >= 15 is 0 Å². The van der Waals surface area contributed by atoms with Crippen LogP contribution in [-0.2, 0) is 60.5 Å². The van der Waals surface area contributed by atoms with E-state index in [4.69, 9.17) is 48.4 Å². The molecule has 51 heavy (non-hydrogen) atoms. The van der Waals surface area contributed by atoms with Gasteiger partial charge in [-0.15, -0.1) is 0 Å². The van der Waals surface area contributed by atoms with Crippen LogP contribution in [0.5, 0.6) is 0 Å². The summed E-state index contributed by atoms with van der Waals surface area (Å²) in [4.78, 5) is 18.6. The van der Waals surface area contributed by atoms with Crippen molar-refractivity contribution in [2.45, 2.75) is 41.5 Å². The molecule has 1 amide bonds. The van der Waals surface area contributed by atoms with E-state index in [2.05, 4.69) is 70.4 Å². The van der Waals surface area contributed by atoms with Crippen molar-refractivity contribution in [2.24, 2.45) is 0 Å². The molecule has 0 radical (unpaired) electrons. The first-order valence-corrected chi connectivity index (χ1v) is 13.6. The topological polar surface area (TPSA) is 329 Å². The molecule has 0 aliphatic heterocycles. The van der Waals surface area contributed by atoms with E-state index < -0.39 is 5.37 Å². The first-order chi connectivity index (χ1) is 24.7. The zero-order chi connectivity index (χ0) is 40.8. The van der Waals surface area contributed by atoms with E-state index in [0.717, 1.165) is 4.73 Å². The summed E-state index contributed by atoms with van der Waals surface area (Å²) < 4.78 is 0.750. The Morgan fingerprint density at radius 2 is 1.02 bits per heavy atom. The highest BCUT2D eigenvalue weighted by Crippen LogP contribution is 1.87. The predicted molar refractivity (Wildman–Crippen MR) is 166 cm³/mol. The molecule has 0 fully saturated rings. The van der Waals surface area contributed by atoms with Crippen molar-refractivity contribution in [2.75, 3.05) is 14.1 Å². The fourth-order valence-electron chi connectivity index (χ4n) is 1.20. The van der Waals surface area contributed by atoms with Crippen molar-refractivity contribution in [1.29, 1.82) is 5.26 Å². The molecule has 3 aromatic heterocycles. The summed E-state index contributed by atoms with van der Waals surface area (Å²) in [6.45, 7) is 12.0. The van der Waals surface area contributed by atoms with Crippen LogP contribution in [0.4, 0.5) is 4.79 Å². The molecule has 3 heterocycles. The molecule has 25 nitrogen and oxygen atoms in total. The quantitative estimate of drug-likeness (QED) is 0.0294. The van der Waals surface area contributed by atoms with Crippen LogP contribution in [0.3, 0.4) is 0 Å². The third kappa shape index (κ3) is 81.7. The van der Waals surface area contributed by atoms with Gasteiger partial charge in [-0.05, 0) is 96.3 Å². The van der Waals surface area contributed by atoms with Gasteiger partial charge in [0.25, 0.3) is 0 Å². The van der Waals surface area contributed by atoms with Gasteiger partial charge in [-0.25, -0.2) is 36.5 Å². The molecule has 296 valence electrons. The number of nitriles is 1. The zero-order valence-corrected chi connectivity index (χ0v) is 29.4. The van der Waals surface area contributed by atoms with Gasteiger partial charge in [-0.2, -0.15) is 9.99 Å².